The molecule has 0 spiro atoms. The molecule has 1 rings (SSSR count). The van der Waals surface area contributed by atoms with Gasteiger partial charge in [0.1, 0.15) is 12.4 Å². The molecule has 0 amide bonds. The molecule has 100 valence electrons. The highest BCUT2D eigenvalue weighted by Gasteiger charge is 2.14. The third-order valence-electron chi connectivity index (χ3n) is 2.72. The van der Waals surface area contributed by atoms with Crippen LogP contribution in [0, 0.1) is 13.8 Å². The molecule has 0 fully saturated rings. The molecule has 0 aromatic heterocycles. The summed E-state index contributed by atoms with van der Waals surface area (Å²) in [6.07, 6.45) is 0.209. The second-order valence-corrected chi connectivity index (χ2v) is 4.39. The molecule has 0 aliphatic heterocycles. The number of halogens is 1. The molecule has 5 heteroatoms. The number of carbonyl (C=O) groups is 1. The summed E-state index contributed by atoms with van der Waals surface area (Å²) < 4.78 is 10.4. The van der Waals surface area contributed by atoms with Gasteiger partial charge in [0.05, 0.1) is 13.5 Å². The number of esters is 1. The molecule has 0 heterocycles. The van der Waals surface area contributed by atoms with Crippen LogP contribution in [0.4, 0.5) is 0 Å². The SMILES string of the molecule is COc1cc(C)c(Cl)c(C)c1COC(=O)CCN. The Morgan fingerprint density at radius 1 is 1.44 bits per heavy atom. The van der Waals surface area contributed by atoms with Gasteiger partial charge in [-0.05, 0) is 31.0 Å². The minimum absolute atomic E-state index is 0.147. The van der Waals surface area contributed by atoms with Gasteiger partial charge in [0.15, 0.2) is 0 Å². The predicted octanol–water partition coefficient (Wildman–Crippen LogP) is 2.36. The molecule has 2 N–H and O–H groups in total. The van der Waals surface area contributed by atoms with Crippen molar-refractivity contribution in [1.82, 2.24) is 0 Å². The van der Waals surface area contributed by atoms with E-state index in [4.69, 9.17) is 26.8 Å². The first-order chi connectivity index (χ1) is 8.51. The molecule has 18 heavy (non-hydrogen) atoms. The van der Waals surface area contributed by atoms with E-state index in [1.54, 1.807) is 7.11 Å². The Kier molecular flexibility index (Phi) is 5.44. The van der Waals surface area contributed by atoms with Gasteiger partial charge in [-0.1, -0.05) is 11.6 Å². The number of ether oxygens (including phenoxy) is 2. The average Bonchev–Trinajstić information content (AvgIpc) is 2.34. The van der Waals surface area contributed by atoms with Crippen LogP contribution in [-0.4, -0.2) is 19.6 Å². The minimum atomic E-state index is -0.323. The third-order valence-corrected chi connectivity index (χ3v) is 3.30. The van der Waals surface area contributed by atoms with E-state index < -0.39 is 0 Å². The van der Waals surface area contributed by atoms with Crippen LogP contribution in [-0.2, 0) is 16.1 Å². The maximum atomic E-state index is 11.3. The van der Waals surface area contributed by atoms with Gasteiger partial charge in [0, 0.05) is 17.1 Å². The van der Waals surface area contributed by atoms with Crippen molar-refractivity contribution in [3.8, 4) is 5.75 Å². The molecule has 1 aromatic rings. The van der Waals surface area contributed by atoms with Crippen molar-refractivity contribution >= 4 is 17.6 Å². The third kappa shape index (κ3) is 3.37. The van der Waals surface area contributed by atoms with Crippen LogP contribution in [0.5, 0.6) is 5.75 Å². The van der Waals surface area contributed by atoms with Crippen LogP contribution in [0.15, 0.2) is 6.07 Å². The van der Waals surface area contributed by atoms with Crippen LogP contribution in [0.3, 0.4) is 0 Å². The average molecular weight is 272 g/mol. The fourth-order valence-electron chi connectivity index (χ4n) is 1.66. The van der Waals surface area contributed by atoms with E-state index in [1.807, 2.05) is 19.9 Å². The maximum absolute atomic E-state index is 11.3. The number of hydrogen-bond donors (Lipinski definition) is 1. The Morgan fingerprint density at radius 3 is 2.67 bits per heavy atom. The molecule has 4 nitrogen and oxygen atoms in total. The summed E-state index contributed by atoms with van der Waals surface area (Å²) in [7, 11) is 1.58. The highest BCUT2D eigenvalue weighted by molar-refractivity contribution is 6.32. The predicted molar refractivity (Wildman–Crippen MR) is 70.9 cm³/mol. The number of rotatable bonds is 5. The molecule has 0 bridgehead atoms. The molecule has 0 unspecified atom stereocenters. The topological polar surface area (TPSA) is 61.5 Å². The molecular formula is C13H18ClNO3. The molecule has 0 radical (unpaired) electrons. The lowest BCUT2D eigenvalue weighted by Gasteiger charge is -2.15. The zero-order valence-electron chi connectivity index (χ0n) is 10.9. The van der Waals surface area contributed by atoms with Crippen LogP contribution in [0.2, 0.25) is 5.02 Å². The van der Waals surface area contributed by atoms with Crippen LogP contribution < -0.4 is 10.5 Å². The fourth-order valence-corrected chi connectivity index (χ4v) is 1.83. The van der Waals surface area contributed by atoms with Crippen molar-refractivity contribution < 1.29 is 14.3 Å². The van der Waals surface area contributed by atoms with Gasteiger partial charge in [-0.15, -0.1) is 0 Å². The second kappa shape index (κ2) is 6.61. The van der Waals surface area contributed by atoms with E-state index in [0.29, 0.717) is 10.8 Å². The van der Waals surface area contributed by atoms with Crippen molar-refractivity contribution in [2.75, 3.05) is 13.7 Å². The highest BCUT2D eigenvalue weighted by Crippen LogP contribution is 2.32. The number of carbonyl (C=O) groups excluding carboxylic acids is 1. The lowest BCUT2D eigenvalue weighted by Crippen LogP contribution is -2.12. The molecule has 0 saturated carbocycles. The summed E-state index contributed by atoms with van der Waals surface area (Å²) in [4.78, 5) is 11.3. The van der Waals surface area contributed by atoms with E-state index in [-0.39, 0.29) is 25.5 Å². The Morgan fingerprint density at radius 2 is 2.11 bits per heavy atom. The first-order valence-electron chi connectivity index (χ1n) is 5.69. The molecular weight excluding hydrogens is 254 g/mol. The Hall–Kier alpha value is -1.26. The molecule has 0 aliphatic rings. The summed E-state index contributed by atoms with van der Waals surface area (Å²) in [6, 6.07) is 1.83. The van der Waals surface area contributed by atoms with Gasteiger partial charge in [0.25, 0.3) is 0 Å². The van der Waals surface area contributed by atoms with E-state index in [9.17, 15) is 4.79 Å². The summed E-state index contributed by atoms with van der Waals surface area (Å²) >= 11 is 6.17. The Labute approximate surface area is 112 Å². The van der Waals surface area contributed by atoms with Crippen LogP contribution >= 0.6 is 11.6 Å². The largest absolute Gasteiger partial charge is 0.496 e. The normalized spacial score (nSPS) is 10.3. The number of nitrogens with two attached hydrogens (primary N) is 1. The highest BCUT2D eigenvalue weighted by atomic mass is 35.5. The van der Waals surface area contributed by atoms with Gasteiger partial charge in [-0.3, -0.25) is 4.79 Å². The maximum Gasteiger partial charge on any atom is 0.307 e. The van der Waals surface area contributed by atoms with Crippen LogP contribution in [0.1, 0.15) is 23.1 Å². The number of benzene rings is 1. The fraction of sp³-hybridized carbons (Fsp3) is 0.462. The summed E-state index contributed by atoms with van der Waals surface area (Å²) in [5.41, 5.74) is 7.87. The van der Waals surface area contributed by atoms with Gasteiger partial charge >= 0.3 is 5.97 Å². The quantitative estimate of drug-likeness (QED) is 0.835. The van der Waals surface area contributed by atoms with Gasteiger partial charge < -0.3 is 15.2 Å². The van der Waals surface area contributed by atoms with Gasteiger partial charge in [0.2, 0.25) is 0 Å². The molecule has 0 aliphatic carbocycles. The van der Waals surface area contributed by atoms with Gasteiger partial charge in [-0.25, -0.2) is 0 Å². The lowest BCUT2D eigenvalue weighted by atomic mass is 10.0. The second-order valence-electron chi connectivity index (χ2n) is 4.01. The molecule has 0 atom stereocenters. The lowest BCUT2D eigenvalue weighted by molar-refractivity contribution is -0.144. The van der Waals surface area contributed by atoms with Crippen LogP contribution in [0.25, 0.3) is 0 Å². The summed E-state index contributed by atoms with van der Waals surface area (Å²) in [6.45, 7) is 4.21. The minimum Gasteiger partial charge on any atom is -0.496 e. The Balaban J connectivity index is 2.93. The van der Waals surface area contributed by atoms with Crippen molar-refractivity contribution in [3.63, 3.8) is 0 Å². The first-order valence-corrected chi connectivity index (χ1v) is 6.07. The zero-order chi connectivity index (χ0) is 13.7. The van der Waals surface area contributed by atoms with Crippen molar-refractivity contribution in [2.45, 2.75) is 26.9 Å². The van der Waals surface area contributed by atoms with E-state index in [1.165, 1.54) is 0 Å². The molecule has 0 saturated heterocycles. The smallest absolute Gasteiger partial charge is 0.307 e. The standard InChI is InChI=1S/C13H18ClNO3/c1-8-6-11(17-3)10(9(2)13(8)14)7-18-12(16)4-5-15/h6H,4-5,7,15H2,1-3H3. The van der Waals surface area contributed by atoms with E-state index in [0.717, 1.165) is 16.7 Å². The number of hydrogen-bond acceptors (Lipinski definition) is 4. The van der Waals surface area contributed by atoms with Crippen molar-refractivity contribution in [1.29, 1.82) is 0 Å². The number of methoxy groups -OCH3 is 1. The van der Waals surface area contributed by atoms with Crippen molar-refractivity contribution in [2.24, 2.45) is 5.73 Å². The molecule has 1 aromatic carbocycles. The van der Waals surface area contributed by atoms with Gasteiger partial charge in [-0.2, -0.15) is 0 Å². The number of aryl methyl sites for hydroxylation is 1. The van der Waals surface area contributed by atoms with E-state index >= 15 is 0 Å². The first kappa shape index (κ1) is 14.8. The van der Waals surface area contributed by atoms with E-state index in [2.05, 4.69) is 0 Å². The summed E-state index contributed by atoms with van der Waals surface area (Å²) in [5.74, 6) is 0.352. The Bertz CT molecular complexity index is 446. The monoisotopic (exact) mass is 271 g/mol. The van der Waals surface area contributed by atoms with Crippen molar-refractivity contribution in [3.05, 3.63) is 27.8 Å². The summed E-state index contributed by atoms with van der Waals surface area (Å²) in [5, 5.41) is 0.667. The zero-order valence-corrected chi connectivity index (χ0v) is 11.6.